The monoisotopic (exact) mass is 288 g/mol. The zero-order valence-corrected chi connectivity index (χ0v) is 11.7. The second-order valence-corrected chi connectivity index (χ2v) is 4.74. The minimum Gasteiger partial charge on any atom is -0.506 e. The molecular weight excluding hydrogens is 271 g/mol. The Morgan fingerprint density at radius 3 is 2.76 bits per heavy atom. The number of anilines is 1. The van der Waals surface area contributed by atoms with Crippen molar-refractivity contribution in [1.82, 2.24) is 5.32 Å². The van der Waals surface area contributed by atoms with Crippen LogP contribution in [0.15, 0.2) is 42.5 Å². The molecule has 0 saturated carbocycles. The molecule has 2 aromatic carbocycles. The molecular formula is C16H17FN2O2. The summed E-state index contributed by atoms with van der Waals surface area (Å²) in [6.45, 7) is 2.17. The zero-order chi connectivity index (χ0) is 15.2. The molecule has 0 spiro atoms. The second-order valence-electron chi connectivity index (χ2n) is 4.74. The predicted molar refractivity (Wildman–Crippen MR) is 80.0 cm³/mol. The van der Waals surface area contributed by atoms with Gasteiger partial charge in [0.2, 0.25) is 0 Å². The molecule has 0 aliphatic rings. The zero-order valence-electron chi connectivity index (χ0n) is 11.7. The van der Waals surface area contributed by atoms with Crippen LogP contribution in [0.2, 0.25) is 0 Å². The van der Waals surface area contributed by atoms with Crippen molar-refractivity contribution in [3.05, 3.63) is 59.4 Å². The molecule has 2 aromatic rings. The SMILES string of the molecule is Cc1ccc(O)c(NC(=O)NCCc2ccccc2F)c1. The standard InChI is InChI=1S/C16H17FN2O2/c1-11-6-7-15(20)14(10-11)19-16(21)18-9-8-12-4-2-3-5-13(12)17/h2-7,10,20H,8-9H2,1H3,(H2,18,19,21). The van der Waals surface area contributed by atoms with Gasteiger partial charge in [0.05, 0.1) is 5.69 Å². The van der Waals surface area contributed by atoms with Crippen LogP contribution in [0.4, 0.5) is 14.9 Å². The largest absolute Gasteiger partial charge is 0.506 e. The number of carbonyl (C=O) groups excluding carboxylic acids is 1. The second kappa shape index (κ2) is 6.74. The first-order valence-electron chi connectivity index (χ1n) is 6.64. The van der Waals surface area contributed by atoms with Gasteiger partial charge in [0.15, 0.2) is 0 Å². The molecule has 0 unspecified atom stereocenters. The van der Waals surface area contributed by atoms with E-state index < -0.39 is 6.03 Å². The fourth-order valence-electron chi connectivity index (χ4n) is 1.93. The third-order valence-electron chi connectivity index (χ3n) is 3.04. The number of aromatic hydroxyl groups is 1. The highest BCUT2D eigenvalue weighted by Crippen LogP contribution is 2.23. The third-order valence-corrected chi connectivity index (χ3v) is 3.04. The van der Waals surface area contributed by atoms with E-state index in [1.165, 1.54) is 12.1 Å². The van der Waals surface area contributed by atoms with E-state index in [0.29, 0.717) is 24.2 Å². The van der Waals surface area contributed by atoms with Gasteiger partial charge in [0.25, 0.3) is 0 Å². The van der Waals surface area contributed by atoms with Gasteiger partial charge in [-0.1, -0.05) is 24.3 Å². The summed E-state index contributed by atoms with van der Waals surface area (Å²) in [6.07, 6.45) is 0.403. The average molecular weight is 288 g/mol. The molecule has 0 heterocycles. The number of urea groups is 1. The Hall–Kier alpha value is -2.56. The highest BCUT2D eigenvalue weighted by molar-refractivity contribution is 5.90. The Morgan fingerprint density at radius 1 is 1.24 bits per heavy atom. The topological polar surface area (TPSA) is 61.4 Å². The highest BCUT2D eigenvalue weighted by atomic mass is 19.1. The van der Waals surface area contributed by atoms with Crippen LogP contribution in [-0.4, -0.2) is 17.7 Å². The Labute approximate surface area is 122 Å². The summed E-state index contributed by atoms with van der Waals surface area (Å²) >= 11 is 0. The van der Waals surface area contributed by atoms with Crippen molar-refractivity contribution in [3.63, 3.8) is 0 Å². The number of rotatable bonds is 4. The molecule has 0 aliphatic heterocycles. The number of hydrogen-bond acceptors (Lipinski definition) is 2. The molecule has 0 fully saturated rings. The smallest absolute Gasteiger partial charge is 0.319 e. The summed E-state index contributed by atoms with van der Waals surface area (Å²) in [6, 6.07) is 10.9. The van der Waals surface area contributed by atoms with Crippen LogP contribution in [-0.2, 0) is 6.42 Å². The van der Waals surface area contributed by atoms with Gasteiger partial charge in [-0.05, 0) is 42.7 Å². The average Bonchev–Trinajstić information content (AvgIpc) is 2.45. The first-order valence-corrected chi connectivity index (χ1v) is 6.64. The van der Waals surface area contributed by atoms with E-state index in [9.17, 15) is 14.3 Å². The lowest BCUT2D eigenvalue weighted by Crippen LogP contribution is -2.30. The normalized spacial score (nSPS) is 10.2. The van der Waals surface area contributed by atoms with Crippen molar-refractivity contribution in [1.29, 1.82) is 0 Å². The lowest BCUT2D eigenvalue weighted by Gasteiger charge is -2.10. The van der Waals surface area contributed by atoms with Crippen LogP contribution >= 0.6 is 0 Å². The summed E-state index contributed by atoms with van der Waals surface area (Å²) < 4.78 is 13.4. The molecule has 0 bridgehead atoms. The fraction of sp³-hybridized carbons (Fsp3) is 0.188. The summed E-state index contributed by atoms with van der Waals surface area (Å²) in [5.41, 5.74) is 1.82. The van der Waals surface area contributed by atoms with Crippen molar-refractivity contribution in [3.8, 4) is 5.75 Å². The molecule has 0 aliphatic carbocycles. The van der Waals surface area contributed by atoms with Crippen molar-refractivity contribution in [2.75, 3.05) is 11.9 Å². The number of carbonyl (C=O) groups is 1. The molecule has 0 saturated heterocycles. The highest BCUT2D eigenvalue weighted by Gasteiger charge is 2.06. The Morgan fingerprint density at radius 2 is 2.00 bits per heavy atom. The van der Waals surface area contributed by atoms with E-state index in [1.807, 2.05) is 6.92 Å². The van der Waals surface area contributed by atoms with E-state index in [4.69, 9.17) is 0 Å². The van der Waals surface area contributed by atoms with Crippen LogP contribution in [0.5, 0.6) is 5.75 Å². The number of phenols is 1. The van der Waals surface area contributed by atoms with Gasteiger partial charge < -0.3 is 15.7 Å². The van der Waals surface area contributed by atoms with Gasteiger partial charge in [-0.2, -0.15) is 0 Å². The van der Waals surface area contributed by atoms with E-state index in [2.05, 4.69) is 10.6 Å². The fourth-order valence-corrected chi connectivity index (χ4v) is 1.93. The van der Waals surface area contributed by atoms with Gasteiger partial charge in [-0.25, -0.2) is 9.18 Å². The van der Waals surface area contributed by atoms with Crippen LogP contribution < -0.4 is 10.6 Å². The number of benzene rings is 2. The molecule has 2 rings (SSSR count). The van der Waals surface area contributed by atoms with Crippen LogP contribution in [0.1, 0.15) is 11.1 Å². The molecule has 3 N–H and O–H groups in total. The van der Waals surface area contributed by atoms with Crippen LogP contribution in [0, 0.1) is 12.7 Å². The molecule has 0 aromatic heterocycles. The molecule has 110 valence electrons. The maximum absolute atomic E-state index is 13.4. The van der Waals surface area contributed by atoms with Crippen molar-refractivity contribution >= 4 is 11.7 Å². The first-order chi connectivity index (χ1) is 10.1. The molecule has 4 nitrogen and oxygen atoms in total. The van der Waals surface area contributed by atoms with E-state index >= 15 is 0 Å². The summed E-state index contributed by atoms with van der Waals surface area (Å²) in [5.74, 6) is -0.277. The number of hydrogen-bond donors (Lipinski definition) is 3. The lowest BCUT2D eigenvalue weighted by atomic mass is 10.1. The predicted octanol–water partition coefficient (Wildman–Crippen LogP) is 3.20. The van der Waals surface area contributed by atoms with Gasteiger partial charge >= 0.3 is 6.03 Å². The lowest BCUT2D eigenvalue weighted by molar-refractivity contribution is 0.252. The van der Waals surface area contributed by atoms with Crippen molar-refractivity contribution < 1.29 is 14.3 Å². The number of nitrogens with one attached hydrogen (secondary N) is 2. The van der Waals surface area contributed by atoms with Gasteiger partial charge in [0, 0.05) is 6.54 Å². The molecule has 0 radical (unpaired) electrons. The van der Waals surface area contributed by atoms with Crippen LogP contribution in [0.25, 0.3) is 0 Å². The minimum absolute atomic E-state index is 0.00449. The van der Waals surface area contributed by atoms with Crippen molar-refractivity contribution in [2.45, 2.75) is 13.3 Å². The Bertz CT molecular complexity index is 644. The number of amides is 2. The van der Waals surface area contributed by atoms with E-state index in [-0.39, 0.29) is 11.6 Å². The Balaban J connectivity index is 1.85. The van der Waals surface area contributed by atoms with E-state index in [0.717, 1.165) is 5.56 Å². The van der Waals surface area contributed by atoms with Crippen molar-refractivity contribution in [2.24, 2.45) is 0 Å². The summed E-state index contributed by atoms with van der Waals surface area (Å²) in [4.78, 5) is 11.7. The molecule has 2 amide bonds. The summed E-state index contributed by atoms with van der Waals surface area (Å²) in [7, 11) is 0. The number of halogens is 1. The molecule has 5 heteroatoms. The first kappa shape index (κ1) is 14.8. The van der Waals surface area contributed by atoms with Gasteiger partial charge in [-0.15, -0.1) is 0 Å². The van der Waals surface area contributed by atoms with E-state index in [1.54, 1.807) is 30.3 Å². The van der Waals surface area contributed by atoms with Gasteiger partial charge in [0.1, 0.15) is 11.6 Å². The minimum atomic E-state index is -0.438. The maximum Gasteiger partial charge on any atom is 0.319 e. The molecule has 21 heavy (non-hydrogen) atoms. The number of aryl methyl sites for hydroxylation is 1. The molecule has 0 atom stereocenters. The Kier molecular flexibility index (Phi) is 4.77. The van der Waals surface area contributed by atoms with Gasteiger partial charge in [-0.3, -0.25) is 0 Å². The third kappa shape index (κ3) is 4.21. The maximum atomic E-state index is 13.4. The quantitative estimate of drug-likeness (QED) is 0.757. The van der Waals surface area contributed by atoms with Crippen LogP contribution in [0.3, 0.4) is 0 Å². The number of phenolic OH excluding ortho intramolecular Hbond substituents is 1. The summed E-state index contributed by atoms with van der Waals surface area (Å²) in [5, 5.41) is 14.8.